The van der Waals surface area contributed by atoms with Crippen LogP contribution in [0.15, 0.2) is 182 Å². The summed E-state index contributed by atoms with van der Waals surface area (Å²) in [6.45, 7) is 3.92. The van der Waals surface area contributed by atoms with Gasteiger partial charge in [-0.15, -0.1) is 0 Å². The van der Waals surface area contributed by atoms with Crippen LogP contribution < -0.4 is 0 Å². The second-order valence-electron chi connectivity index (χ2n) is 23.6. The second kappa shape index (κ2) is 76.2. The van der Waals surface area contributed by atoms with Crippen LogP contribution in [-0.2, 0) is 19.1 Å². The first kappa shape index (κ1) is 83.0. The minimum Gasteiger partial charge on any atom is -0.462 e. The number of hydrogen-bond acceptors (Lipinski definition) is 5. The van der Waals surface area contributed by atoms with Crippen LogP contribution in [0.2, 0.25) is 0 Å². The number of rotatable bonds is 65. The summed E-state index contributed by atoms with van der Waals surface area (Å²) < 4.78 is 10.8. The van der Waals surface area contributed by atoms with Gasteiger partial charge in [0.05, 0.1) is 6.61 Å². The first-order valence-electron chi connectivity index (χ1n) is 36.3. The van der Waals surface area contributed by atoms with Crippen LogP contribution >= 0.6 is 0 Å². The Hall–Kier alpha value is -5.00. The average Bonchev–Trinajstić information content (AvgIpc) is 3.56. The zero-order valence-electron chi connectivity index (χ0n) is 56.9. The molecule has 0 rings (SSSR count). The van der Waals surface area contributed by atoms with Crippen molar-refractivity contribution < 1.29 is 24.2 Å². The highest BCUT2D eigenvalue weighted by Crippen LogP contribution is 2.17. The predicted octanol–water partition coefficient (Wildman–Crippen LogP) is 25.8. The highest BCUT2D eigenvalue weighted by molar-refractivity contribution is 5.70. The molecular formula is C83H134O5. The Morgan fingerprint density at radius 3 is 0.682 bits per heavy atom. The molecule has 0 saturated carbocycles. The highest BCUT2D eigenvalue weighted by Gasteiger charge is 2.16. The van der Waals surface area contributed by atoms with Crippen LogP contribution in [-0.4, -0.2) is 36.4 Å². The Morgan fingerprint density at radius 2 is 0.455 bits per heavy atom. The van der Waals surface area contributed by atoms with Gasteiger partial charge < -0.3 is 14.6 Å². The molecule has 0 spiro atoms. The standard InChI is InChI=1S/C83H134O5/c1-3-5-7-9-11-13-15-17-19-21-23-25-27-29-31-33-35-37-38-39-40-41-42-43-44-46-48-50-52-54-56-58-60-62-64-66-68-70-72-74-76-78-83(86)88-81(79-84)80-87-82(85)77-75-73-71-69-67-65-63-61-59-57-55-53-51-49-47-45-36-34-32-30-28-26-24-22-20-18-16-14-12-10-8-6-4-2/h5-8,11-14,17-20,23-26,29,31,35,37,39-40,42-43,46,48,52,54,58,60,81,84H,3-4,9-10,15-16,21-22,27-28,30,32-34,36,38,41,44-45,47,49-51,53,55-57,59,61-80H2,1-2H3/b7-5-,8-6-,13-11-,14-12-,19-17-,20-18-,25-23-,26-24-,31-29-,37-35-,40-39-,43-42-,48-46-,54-52-,60-58-. The zero-order chi connectivity index (χ0) is 63.3. The van der Waals surface area contributed by atoms with Crippen molar-refractivity contribution in [1.29, 1.82) is 0 Å². The van der Waals surface area contributed by atoms with Crippen LogP contribution in [0.1, 0.15) is 309 Å². The van der Waals surface area contributed by atoms with Gasteiger partial charge in [-0.1, -0.05) is 344 Å². The van der Waals surface area contributed by atoms with Gasteiger partial charge in [-0.25, -0.2) is 0 Å². The lowest BCUT2D eigenvalue weighted by molar-refractivity contribution is -0.161. The van der Waals surface area contributed by atoms with Gasteiger partial charge >= 0.3 is 11.9 Å². The number of carbonyl (C=O) groups excluding carboxylic acids is 2. The average molecular weight is 1210 g/mol. The third-order valence-corrected chi connectivity index (χ3v) is 15.2. The molecule has 0 aliphatic rings. The van der Waals surface area contributed by atoms with Crippen LogP contribution in [0.3, 0.4) is 0 Å². The molecule has 5 nitrogen and oxygen atoms in total. The smallest absolute Gasteiger partial charge is 0.306 e. The van der Waals surface area contributed by atoms with Crippen LogP contribution in [0, 0.1) is 0 Å². The SMILES string of the molecule is CC/C=C\C/C=C\C/C=C\C/C=C\C/C=C\C/C=C\C/C=C\C/C=C\C/C=C\C/C=C\C/C=C\CCCCCCCCCC(=O)OC(CO)COC(=O)CCCCCCCCCCCCCCCCCCCCCC/C=C\C/C=C\C/C=C\C/C=C\CC. The monoisotopic (exact) mass is 1210 g/mol. The molecule has 0 saturated heterocycles. The van der Waals surface area contributed by atoms with Gasteiger partial charge in [0.25, 0.3) is 0 Å². The van der Waals surface area contributed by atoms with E-state index in [-0.39, 0.29) is 25.2 Å². The van der Waals surface area contributed by atoms with E-state index in [9.17, 15) is 14.7 Å². The van der Waals surface area contributed by atoms with Gasteiger partial charge in [0, 0.05) is 12.8 Å². The molecule has 0 bridgehead atoms. The zero-order valence-corrected chi connectivity index (χ0v) is 56.9. The summed E-state index contributed by atoms with van der Waals surface area (Å²) in [7, 11) is 0. The molecule has 0 aromatic heterocycles. The quantitative estimate of drug-likeness (QED) is 0.0373. The van der Waals surface area contributed by atoms with Crippen molar-refractivity contribution in [2.75, 3.05) is 13.2 Å². The summed E-state index contributed by atoms with van der Waals surface area (Å²) in [4.78, 5) is 24.7. The molecule has 5 heteroatoms. The summed E-state index contributed by atoms with van der Waals surface area (Å²) >= 11 is 0. The van der Waals surface area contributed by atoms with Gasteiger partial charge in [-0.3, -0.25) is 9.59 Å². The summed E-state index contributed by atoms with van der Waals surface area (Å²) in [5.74, 6) is -0.604. The van der Waals surface area contributed by atoms with E-state index in [1.807, 2.05) is 0 Å². The van der Waals surface area contributed by atoms with E-state index < -0.39 is 6.10 Å². The third-order valence-electron chi connectivity index (χ3n) is 15.2. The molecule has 88 heavy (non-hydrogen) atoms. The summed E-state index contributed by atoms with van der Waals surface area (Å²) in [5, 5.41) is 9.71. The number of esters is 2. The molecule has 0 amide bonds. The van der Waals surface area contributed by atoms with Crippen LogP contribution in [0.5, 0.6) is 0 Å². The van der Waals surface area contributed by atoms with Crippen molar-refractivity contribution >= 4 is 11.9 Å². The molecule has 0 aliphatic heterocycles. The minimum atomic E-state index is -0.791. The van der Waals surface area contributed by atoms with Gasteiger partial charge in [-0.05, 0) is 135 Å². The number of aliphatic hydroxyl groups is 1. The molecule has 1 N–H and O–H groups in total. The van der Waals surface area contributed by atoms with Gasteiger partial charge in [0.1, 0.15) is 6.61 Å². The lowest BCUT2D eigenvalue weighted by Crippen LogP contribution is -2.28. The van der Waals surface area contributed by atoms with E-state index in [0.717, 1.165) is 141 Å². The van der Waals surface area contributed by atoms with Crippen LogP contribution in [0.4, 0.5) is 0 Å². The first-order chi connectivity index (χ1) is 43.6. The molecule has 0 heterocycles. The second-order valence-corrected chi connectivity index (χ2v) is 23.6. The maximum atomic E-state index is 12.4. The minimum absolute atomic E-state index is 0.0777. The van der Waals surface area contributed by atoms with Crippen molar-refractivity contribution in [1.82, 2.24) is 0 Å². The van der Waals surface area contributed by atoms with E-state index in [4.69, 9.17) is 9.47 Å². The van der Waals surface area contributed by atoms with Gasteiger partial charge in [0.15, 0.2) is 6.10 Å². The van der Waals surface area contributed by atoms with Gasteiger partial charge in [0.2, 0.25) is 0 Å². The van der Waals surface area contributed by atoms with Crippen molar-refractivity contribution in [3.63, 3.8) is 0 Å². The Morgan fingerprint density at radius 1 is 0.261 bits per heavy atom. The normalized spacial score (nSPS) is 13.4. The Kier molecular flexibility index (Phi) is 71.9. The van der Waals surface area contributed by atoms with E-state index >= 15 is 0 Å². The Labute approximate surface area is 544 Å². The predicted molar refractivity (Wildman–Crippen MR) is 389 cm³/mol. The fourth-order valence-corrected chi connectivity index (χ4v) is 9.85. The number of hydrogen-bond donors (Lipinski definition) is 1. The summed E-state index contributed by atoms with van der Waals surface area (Å²) in [5.41, 5.74) is 0. The Bertz CT molecular complexity index is 1960. The highest BCUT2D eigenvalue weighted by atomic mass is 16.6. The van der Waals surface area contributed by atoms with Gasteiger partial charge in [-0.2, -0.15) is 0 Å². The van der Waals surface area contributed by atoms with Crippen LogP contribution in [0.25, 0.3) is 0 Å². The lowest BCUT2D eigenvalue weighted by Gasteiger charge is -2.15. The van der Waals surface area contributed by atoms with E-state index in [2.05, 4.69) is 196 Å². The Balaban J connectivity index is 3.56. The first-order valence-corrected chi connectivity index (χ1v) is 36.3. The lowest BCUT2D eigenvalue weighted by atomic mass is 10.0. The molecular weight excluding hydrogens is 1080 g/mol. The summed E-state index contributed by atoms with van der Waals surface area (Å²) in [6, 6.07) is 0. The molecule has 0 radical (unpaired) electrons. The van der Waals surface area contributed by atoms with E-state index in [1.165, 1.54) is 141 Å². The van der Waals surface area contributed by atoms with Crippen molar-refractivity contribution in [2.45, 2.75) is 315 Å². The molecule has 0 aromatic carbocycles. The fourth-order valence-electron chi connectivity index (χ4n) is 9.85. The third kappa shape index (κ3) is 73.5. The number of unbranched alkanes of at least 4 members (excludes halogenated alkanes) is 27. The topological polar surface area (TPSA) is 72.8 Å². The van der Waals surface area contributed by atoms with E-state index in [1.54, 1.807) is 0 Å². The van der Waals surface area contributed by atoms with Crippen molar-refractivity contribution in [3.8, 4) is 0 Å². The molecule has 496 valence electrons. The number of carbonyl (C=O) groups is 2. The number of aliphatic hydroxyl groups excluding tert-OH is 1. The molecule has 0 aliphatic carbocycles. The fraction of sp³-hybridized carbons (Fsp3) is 0.614. The molecule has 1 unspecified atom stereocenters. The largest absolute Gasteiger partial charge is 0.462 e. The number of ether oxygens (including phenoxy) is 2. The maximum absolute atomic E-state index is 12.4. The van der Waals surface area contributed by atoms with Crippen molar-refractivity contribution in [3.05, 3.63) is 182 Å². The maximum Gasteiger partial charge on any atom is 0.306 e. The number of allylic oxidation sites excluding steroid dienone is 30. The van der Waals surface area contributed by atoms with E-state index in [0.29, 0.717) is 12.8 Å². The molecule has 0 aromatic rings. The molecule has 0 fully saturated rings. The molecule has 1 atom stereocenters. The van der Waals surface area contributed by atoms with Crippen molar-refractivity contribution in [2.24, 2.45) is 0 Å². The summed E-state index contributed by atoms with van der Waals surface area (Å²) in [6.07, 6.45) is 119.